The van der Waals surface area contributed by atoms with Crippen molar-refractivity contribution in [3.8, 4) is 0 Å². The van der Waals surface area contributed by atoms with Gasteiger partial charge in [-0.1, -0.05) is 64.7 Å². The molecule has 0 saturated carbocycles. The van der Waals surface area contributed by atoms with Crippen molar-refractivity contribution >= 4 is 0 Å². The lowest BCUT2D eigenvalue weighted by atomic mass is 10.0. The highest BCUT2D eigenvalue weighted by molar-refractivity contribution is 4.55. The van der Waals surface area contributed by atoms with Crippen LogP contribution in [-0.2, 0) is 5.11 Å². The van der Waals surface area contributed by atoms with Crippen LogP contribution in [0.3, 0.4) is 0 Å². The zero-order valence-electron chi connectivity index (χ0n) is 10.9. The van der Waals surface area contributed by atoms with Crippen LogP contribution in [0.25, 0.3) is 0 Å². The standard InChI is InChI=1S/C14H29O2/c1-2-3-4-5-6-7-8-9-10-11-14(16)12-13-15/h14-15H,2-13H2,1H3. The first-order valence-electron chi connectivity index (χ1n) is 7.08. The van der Waals surface area contributed by atoms with E-state index in [2.05, 4.69) is 6.92 Å². The molecule has 2 nitrogen and oxygen atoms in total. The average Bonchev–Trinajstić information content (AvgIpc) is 2.27. The van der Waals surface area contributed by atoms with Crippen LogP contribution < -0.4 is 0 Å². The number of unbranched alkanes of at least 4 members (excludes halogenated alkanes) is 8. The van der Waals surface area contributed by atoms with Gasteiger partial charge in [-0.05, 0) is 12.8 Å². The molecule has 0 aromatic heterocycles. The maximum absolute atomic E-state index is 11.2. The molecule has 0 heterocycles. The van der Waals surface area contributed by atoms with Gasteiger partial charge in [0.15, 0.2) is 0 Å². The fourth-order valence-electron chi connectivity index (χ4n) is 1.97. The van der Waals surface area contributed by atoms with Crippen LogP contribution >= 0.6 is 0 Å². The van der Waals surface area contributed by atoms with E-state index in [1.807, 2.05) is 0 Å². The van der Waals surface area contributed by atoms with E-state index in [0.29, 0.717) is 6.42 Å². The maximum Gasteiger partial charge on any atom is 0.0951 e. The molecule has 0 aliphatic heterocycles. The molecule has 0 bridgehead atoms. The summed E-state index contributed by atoms with van der Waals surface area (Å²) in [5.74, 6) is 0. The Kier molecular flexibility index (Phi) is 12.9. The first-order chi connectivity index (χ1) is 7.81. The van der Waals surface area contributed by atoms with Crippen molar-refractivity contribution in [1.82, 2.24) is 0 Å². The summed E-state index contributed by atoms with van der Waals surface area (Å²) in [7, 11) is 0. The SMILES string of the molecule is CCCCCCCCCCCC([O])CCO. The van der Waals surface area contributed by atoms with E-state index in [0.717, 1.165) is 12.8 Å². The van der Waals surface area contributed by atoms with Crippen LogP contribution in [0, 0.1) is 0 Å². The lowest BCUT2D eigenvalue weighted by Gasteiger charge is -2.05. The third-order valence-electron chi connectivity index (χ3n) is 3.08. The summed E-state index contributed by atoms with van der Waals surface area (Å²) in [6, 6.07) is 0. The first-order valence-corrected chi connectivity index (χ1v) is 7.08. The van der Waals surface area contributed by atoms with Gasteiger partial charge in [0.1, 0.15) is 0 Å². The van der Waals surface area contributed by atoms with E-state index >= 15 is 0 Å². The quantitative estimate of drug-likeness (QED) is 0.503. The molecule has 1 N–H and O–H groups in total. The zero-order valence-corrected chi connectivity index (χ0v) is 10.9. The van der Waals surface area contributed by atoms with Crippen molar-refractivity contribution in [2.45, 2.75) is 83.7 Å². The molecule has 1 radical (unpaired) electrons. The molecule has 0 spiro atoms. The molecule has 97 valence electrons. The molecule has 2 heteroatoms. The van der Waals surface area contributed by atoms with Crippen LogP contribution in [0.1, 0.15) is 77.6 Å². The number of aliphatic hydroxyl groups excluding tert-OH is 1. The number of rotatable bonds is 12. The number of hydrogen-bond donors (Lipinski definition) is 1. The minimum absolute atomic E-state index is 0.0472. The fourth-order valence-corrected chi connectivity index (χ4v) is 1.97. The predicted octanol–water partition coefficient (Wildman–Crippen LogP) is 4.09. The van der Waals surface area contributed by atoms with Gasteiger partial charge >= 0.3 is 0 Å². The Hall–Kier alpha value is -0.0800. The molecule has 0 amide bonds. The van der Waals surface area contributed by atoms with Gasteiger partial charge in [0.05, 0.1) is 6.10 Å². The smallest absolute Gasteiger partial charge is 0.0951 e. The van der Waals surface area contributed by atoms with E-state index in [1.165, 1.54) is 51.4 Å². The second-order valence-electron chi connectivity index (χ2n) is 4.75. The minimum Gasteiger partial charge on any atom is -0.396 e. The normalized spacial score (nSPS) is 12.9. The highest BCUT2D eigenvalue weighted by atomic mass is 16.3. The highest BCUT2D eigenvalue weighted by Gasteiger charge is 2.03. The molecular formula is C14H29O2. The van der Waals surface area contributed by atoms with Crippen molar-refractivity contribution in [1.29, 1.82) is 0 Å². The van der Waals surface area contributed by atoms with Gasteiger partial charge in [0.25, 0.3) is 0 Å². The molecule has 1 unspecified atom stereocenters. The summed E-state index contributed by atoms with van der Waals surface area (Å²) in [5.41, 5.74) is 0. The third kappa shape index (κ3) is 12.0. The topological polar surface area (TPSA) is 40.1 Å². The van der Waals surface area contributed by atoms with Gasteiger partial charge in [-0.2, -0.15) is 0 Å². The highest BCUT2D eigenvalue weighted by Crippen LogP contribution is 2.12. The third-order valence-corrected chi connectivity index (χ3v) is 3.08. The predicted molar refractivity (Wildman–Crippen MR) is 68.0 cm³/mol. The van der Waals surface area contributed by atoms with Crippen molar-refractivity contribution in [3.63, 3.8) is 0 Å². The molecule has 0 aromatic rings. The van der Waals surface area contributed by atoms with Crippen LogP contribution in [0.5, 0.6) is 0 Å². The average molecular weight is 229 g/mol. The zero-order chi connectivity index (χ0) is 12.1. The van der Waals surface area contributed by atoms with Crippen LogP contribution in [0.15, 0.2) is 0 Å². The summed E-state index contributed by atoms with van der Waals surface area (Å²) >= 11 is 0. The lowest BCUT2D eigenvalue weighted by Crippen LogP contribution is -2.06. The minimum atomic E-state index is -0.533. The van der Waals surface area contributed by atoms with Crippen molar-refractivity contribution in [3.05, 3.63) is 0 Å². The molecular weight excluding hydrogens is 200 g/mol. The van der Waals surface area contributed by atoms with Gasteiger partial charge in [-0.25, -0.2) is 5.11 Å². The first kappa shape index (κ1) is 15.9. The van der Waals surface area contributed by atoms with Crippen LogP contribution in [-0.4, -0.2) is 17.8 Å². The molecule has 0 fully saturated rings. The Morgan fingerprint density at radius 2 is 1.31 bits per heavy atom. The van der Waals surface area contributed by atoms with E-state index in [1.54, 1.807) is 0 Å². The van der Waals surface area contributed by atoms with Gasteiger partial charge in [0, 0.05) is 6.61 Å². The van der Waals surface area contributed by atoms with Gasteiger partial charge < -0.3 is 5.11 Å². The van der Waals surface area contributed by atoms with Gasteiger partial charge in [-0.3, -0.25) is 0 Å². The number of hydrogen-bond acceptors (Lipinski definition) is 1. The maximum atomic E-state index is 11.2. The van der Waals surface area contributed by atoms with Crippen molar-refractivity contribution < 1.29 is 10.2 Å². The molecule has 0 aromatic carbocycles. The summed E-state index contributed by atoms with van der Waals surface area (Å²) in [4.78, 5) is 0. The molecule has 0 rings (SSSR count). The molecule has 1 atom stereocenters. The monoisotopic (exact) mass is 229 g/mol. The van der Waals surface area contributed by atoms with E-state index in [4.69, 9.17) is 5.11 Å². The largest absolute Gasteiger partial charge is 0.396 e. The Balaban J connectivity index is 2.98. The fraction of sp³-hybridized carbons (Fsp3) is 1.00. The van der Waals surface area contributed by atoms with E-state index < -0.39 is 6.10 Å². The summed E-state index contributed by atoms with van der Waals surface area (Å²) in [6.45, 7) is 2.29. The Morgan fingerprint density at radius 3 is 1.81 bits per heavy atom. The van der Waals surface area contributed by atoms with E-state index in [-0.39, 0.29) is 6.61 Å². The van der Waals surface area contributed by atoms with Crippen molar-refractivity contribution in [2.24, 2.45) is 0 Å². The summed E-state index contributed by atoms with van der Waals surface area (Å²) < 4.78 is 0. The molecule has 0 aliphatic rings. The van der Waals surface area contributed by atoms with Gasteiger partial charge in [-0.15, -0.1) is 0 Å². The Labute approximate surface area is 101 Å². The Morgan fingerprint density at radius 1 is 0.812 bits per heavy atom. The van der Waals surface area contributed by atoms with Crippen LogP contribution in [0.2, 0.25) is 0 Å². The van der Waals surface area contributed by atoms with Gasteiger partial charge in [0.2, 0.25) is 0 Å². The Bertz CT molecular complexity index is 126. The summed E-state index contributed by atoms with van der Waals surface area (Å²) in [5, 5.41) is 19.8. The molecule has 0 aliphatic carbocycles. The van der Waals surface area contributed by atoms with Crippen molar-refractivity contribution in [2.75, 3.05) is 6.61 Å². The van der Waals surface area contributed by atoms with Crippen LogP contribution in [0.4, 0.5) is 0 Å². The summed E-state index contributed by atoms with van der Waals surface area (Å²) in [6.07, 6.45) is 12.3. The second kappa shape index (κ2) is 13.0. The molecule has 16 heavy (non-hydrogen) atoms. The lowest BCUT2D eigenvalue weighted by molar-refractivity contribution is 0.0554. The van der Waals surface area contributed by atoms with E-state index in [9.17, 15) is 5.11 Å². The second-order valence-corrected chi connectivity index (χ2v) is 4.75. The molecule has 0 saturated heterocycles. The number of aliphatic hydroxyl groups is 1.